The lowest BCUT2D eigenvalue weighted by atomic mass is 10.2. The highest BCUT2D eigenvalue weighted by molar-refractivity contribution is 7.10. The molecule has 4 nitrogen and oxygen atoms in total. The van der Waals surface area contributed by atoms with Crippen molar-refractivity contribution in [3.05, 3.63) is 46.4 Å². The minimum absolute atomic E-state index is 0.133. The molecule has 2 saturated heterocycles. The predicted octanol–water partition coefficient (Wildman–Crippen LogP) is 4.86. The summed E-state index contributed by atoms with van der Waals surface area (Å²) in [6.45, 7) is 2.54. The number of anilines is 2. The molecule has 2 aliphatic rings. The zero-order valence-corrected chi connectivity index (χ0v) is 14.9. The van der Waals surface area contributed by atoms with E-state index in [-0.39, 0.29) is 17.9 Å². The van der Waals surface area contributed by atoms with Crippen molar-refractivity contribution in [3.8, 4) is 0 Å². The van der Waals surface area contributed by atoms with E-state index in [1.54, 1.807) is 23.5 Å². The number of halogens is 1. The number of nitrogens with zero attached hydrogens (tertiary/aromatic N) is 2. The molecule has 2 amide bonds. The molecule has 2 fully saturated rings. The monoisotopic (exact) mass is 359 g/mol. The van der Waals surface area contributed by atoms with Gasteiger partial charge in [-0.05, 0) is 55.3 Å². The van der Waals surface area contributed by atoms with Crippen molar-refractivity contribution in [1.82, 2.24) is 4.90 Å². The normalized spacial score (nSPS) is 20.3. The molecular formula is C19H22FN3OS. The van der Waals surface area contributed by atoms with Crippen LogP contribution in [0.5, 0.6) is 0 Å². The van der Waals surface area contributed by atoms with Gasteiger partial charge in [-0.1, -0.05) is 6.07 Å². The molecule has 0 aliphatic carbocycles. The zero-order chi connectivity index (χ0) is 17.2. The lowest BCUT2D eigenvalue weighted by Gasteiger charge is -2.24. The second-order valence-electron chi connectivity index (χ2n) is 6.66. The molecular weight excluding hydrogens is 337 g/mol. The number of likely N-dealkylation sites (tertiary alicyclic amines) is 1. The van der Waals surface area contributed by atoms with Gasteiger partial charge in [-0.25, -0.2) is 9.18 Å². The molecule has 25 heavy (non-hydrogen) atoms. The van der Waals surface area contributed by atoms with Crippen LogP contribution in [-0.4, -0.2) is 30.6 Å². The van der Waals surface area contributed by atoms with Crippen LogP contribution in [0.25, 0.3) is 0 Å². The number of nitrogens with one attached hydrogen (secondary N) is 1. The van der Waals surface area contributed by atoms with Crippen molar-refractivity contribution in [2.45, 2.75) is 31.7 Å². The Morgan fingerprint density at radius 3 is 2.72 bits per heavy atom. The predicted molar refractivity (Wildman–Crippen MR) is 99.9 cm³/mol. The smallest absolute Gasteiger partial charge is 0.322 e. The summed E-state index contributed by atoms with van der Waals surface area (Å²) in [4.78, 5) is 17.8. The van der Waals surface area contributed by atoms with Crippen LogP contribution >= 0.6 is 11.3 Å². The maximum Gasteiger partial charge on any atom is 0.322 e. The standard InChI is InChI=1S/C19H22FN3OS/c20-15-13-14(7-8-16(15)22-9-1-2-10-22)21-19(24)23-11-3-5-17(23)18-6-4-12-25-18/h4,6-8,12-13,17H,1-3,5,9-11H2,(H,21,24). The number of benzene rings is 1. The Labute approximate surface area is 151 Å². The molecule has 0 spiro atoms. The van der Waals surface area contributed by atoms with E-state index in [2.05, 4.69) is 16.3 Å². The molecule has 1 aromatic carbocycles. The van der Waals surface area contributed by atoms with Gasteiger partial charge in [-0.15, -0.1) is 11.3 Å². The van der Waals surface area contributed by atoms with Crippen LogP contribution in [0.3, 0.4) is 0 Å². The van der Waals surface area contributed by atoms with Crippen LogP contribution < -0.4 is 10.2 Å². The van der Waals surface area contributed by atoms with Gasteiger partial charge in [-0.3, -0.25) is 0 Å². The molecule has 3 heterocycles. The van der Waals surface area contributed by atoms with Crippen LogP contribution in [0, 0.1) is 5.82 Å². The highest BCUT2D eigenvalue weighted by Gasteiger charge is 2.30. The van der Waals surface area contributed by atoms with E-state index in [4.69, 9.17) is 0 Å². The number of thiophene rings is 1. The number of carbonyl (C=O) groups excluding carboxylic acids is 1. The highest BCUT2D eigenvalue weighted by Crippen LogP contribution is 2.35. The number of hydrogen-bond acceptors (Lipinski definition) is 3. The SMILES string of the molecule is O=C(Nc1ccc(N2CCCC2)c(F)c1)N1CCCC1c1cccs1. The number of urea groups is 1. The molecule has 1 unspecified atom stereocenters. The zero-order valence-electron chi connectivity index (χ0n) is 14.1. The minimum atomic E-state index is -0.268. The molecule has 132 valence electrons. The Bertz CT molecular complexity index is 743. The molecule has 1 aromatic heterocycles. The van der Waals surface area contributed by atoms with Crippen molar-refractivity contribution in [2.75, 3.05) is 29.9 Å². The number of amides is 2. The molecule has 2 aliphatic heterocycles. The van der Waals surface area contributed by atoms with Crippen molar-refractivity contribution >= 4 is 28.7 Å². The molecule has 2 aromatic rings. The quantitative estimate of drug-likeness (QED) is 0.850. The van der Waals surface area contributed by atoms with Gasteiger partial charge in [0.25, 0.3) is 0 Å². The van der Waals surface area contributed by atoms with Crippen molar-refractivity contribution in [1.29, 1.82) is 0 Å². The summed E-state index contributed by atoms with van der Waals surface area (Å²) in [5.41, 5.74) is 1.15. The average Bonchev–Trinajstić information content (AvgIpc) is 3.35. The second kappa shape index (κ2) is 7.04. The number of hydrogen-bond donors (Lipinski definition) is 1. The fourth-order valence-electron chi connectivity index (χ4n) is 3.78. The first-order valence-corrected chi connectivity index (χ1v) is 9.76. The lowest BCUT2D eigenvalue weighted by molar-refractivity contribution is 0.208. The van der Waals surface area contributed by atoms with Gasteiger partial charge in [0.05, 0.1) is 11.7 Å². The van der Waals surface area contributed by atoms with E-state index in [1.165, 1.54) is 10.9 Å². The number of carbonyl (C=O) groups is 1. The Morgan fingerprint density at radius 2 is 2.00 bits per heavy atom. The Hall–Kier alpha value is -2.08. The lowest BCUT2D eigenvalue weighted by Crippen LogP contribution is -2.34. The molecule has 0 radical (unpaired) electrons. The van der Waals surface area contributed by atoms with Gasteiger partial charge in [0, 0.05) is 30.2 Å². The fraction of sp³-hybridized carbons (Fsp3) is 0.421. The Morgan fingerprint density at radius 1 is 1.16 bits per heavy atom. The van der Waals surface area contributed by atoms with E-state index in [0.29, 0.717) is 11.4 Å². The van der Waals surface area contributed by atoms with Gasteiger partial charge < -0.3 is 15.1 Å². The van der Waals surface area contributed by atoms with Crippen LogP contribution in [0.4, 0.5) is 20.6 Å². The second-order valence-corrected chi connectivity index (χ2v) is 7.64. The molecule has 4 rings (SSSR count). The van der Waals surface area contributed by atoms with E-state index >= 15 is 0 Å². The van der Waals surface area contributed by atoms with E-state index < -0.39 is 0 Å². The summed E-state index contributed by atoms with van der Waals surface area (Å²) < 4.78 is 14.4. The summed E-state index contributed by atoms with van der Waals surface area (Å²) in [5, 5.41) is 4.91. The van der Waals surface area contributed by atoms with Gasteiger partial charge in [-0.2, -0.15) is 0 Å². The van der Waals surface area contributed by atoms with Crippen LogP contribution in [-0.2, 0) is 0 Å². The summed E-state index contributed by atoms with van der Waals surface area (Å²) in [6, 6.07) is 9.08. The maximum absolute atomic E-state index is 14.4. The van der Waals surface area contributed by atoms with Crippen molar-refractivity contribution < 1.29 is 9.18 Å². The van der Waals surface area contributed by atoms with E-state index in [9.17, 15) is 9.18 Å². The van der Waals surface area contributed by atoms with E-state index in [1.807, 2.05) is 16.3 Å². The largest absolute Gasteiger partial charge is 0.369 e. The van der Waals surface area contributed by atoms with Gasteiger partial charge >= 0.3 is 6.03 Å². The molecule has 1 N–H and O–H groups in total. The Balaban J connectivity index is 1.46. The first-order chi connectivity index (χ1) is 12.2. The topological polar surface area (TPSA) is 35.6 Å². The molecule has 0 saturated carbocycles. The highest BCUT2D eigenvalue weighted by atomic mass is 32.1. The minimum Gasteiger partial charge on any atom is -0.369 e. The first kappa shape index (κ1) is 16.4. The number of rotatable bonds is 3. The molecule has 0 bridgehead atoms. The van der Waals surface area contributed by atoms with Crippen molar-refractivity contribution in [3.63, 3.8) is 0 Å². The summed E-state index contributed by atoms with van der Waals surface area (Å²) >= 11 is 1.68. The molecule has 1 atom stereocenters. The summed E-state index contributed by atoms with van der Waals surface area (Å²) in [7, 11) is 0. The average molecular weight is 359 g/mol. The fourth-order valence-corrected chi connectivity index (χ4v) is 4.65. The third-order valence-electron chi connectivity index (χ3n) is 5.03. The van der Waals surface area contributed by atoms with Gasteiger partial charge in [0.15, 0.2) is 0 Å². The third kappa shape index (κ3) is 3.35. The summed E-state index contributed by atoms with van der Waals surface area (Å²) in [5.74, 6) is -0.268. The molecule has 6 heteroatoms. The first-order valence-electron chi connectivity index (χ1n) is 8.88. The summed E-state index contributed by atoms with van der Waals surface area (Å²) in [6.07, 6.45) is 4.20. The maximum atomic E-state index is 14.4. The van der Waals surface area contributed by atoms with Crippen LogP contribution in [0.1, 0.15) is 36.6 Å². The van der Waals surface area contributed by atoms with Gasteiger partial charge in [0.1, 0.15) is 5.82 Å². The van der Waals surface area contributed by atoms with E-state index in [0.717, 1.165) is 45.3 Å². The van der Waals surface area contributed by atoms with Gasteiger partial charge in [0.2, 0.25) is 0 Å². The third-order valence-corrected chi connectivity index (χ3v) is 6.00. The van der Waals surface area contributed by atoms with Crippen LogP contribution in [0.15, 0.2) is 35.7 Å². The van der Waals surface area contributed by atoms with Crippen molar-refractivity contribution in [2.24, 2.45) is 0 Å². The Kier molecular flexibility index (Phi) is 4.61. The van der Waals surface area contributed by atoms with Crippen LogP contribution in [0.2, 0.25) is 0 Å².